The fourth-order valence-electron chi connectivity index (χ4n) is 3.30. The van der Waals surface area contributed by atoms with Gasteiger partial charge in [-0.1, -0.05) is 36.4 Å². The van der Waals surface area contributed by atoms with Crippen molar-refractivity contribution in [3.63, 3.8) is 0 Å². The molecule has 0 unspecified atom stereocenters. The molecule has 0 saturated carbocycles. The number of aromatic nitrogens is 3. The summed E-state index contributed by atoms with van der Waals surface area (Å²) in [5, 5.41) is 8.79. The van der Waals surface area contributed by atoms with Crippen LogP contribution in [-0.2, 0) is 27.9 Å². The molecule has 0 saturated heterocycles. The van der Waals surface area contributed by atoms with Crippen molar-refractivity contribution < 1.29 is 45.0 Å². The quantitative estimate of drug-likeness (QED) is 0.105. The maximum atomic E-state index is 14.3. The summed E-state index contributed by atoms with van der Waals surface area (Å²) in [6.07, 6.45) is -9.24. The summed E-state index contributed by atoms with van der Waals surface area (Å²) in [5.74, 6) is -1.55. The van der Waals surface area contributed by atoms with E-state index >= 15 is 0 Å². The number of allylic oxidation sites excluding steroid dienone is 1. The molecule has 0 fully saturated rings. The summed E-state index contributed by atoms with van der Waals surface area (Å²) in [6, 6.07) is 8.62. The van der Waals surface area contributed by atoms with Crippen molar-refractivity contribution in [3.05, 3.63) is 66.1 Å². The predicted molar refractivity (Wildman–Crippen MR) is 143 cm³/mol. The van der Waals surface area contributed by atoms with Crippen molar-refractivity contribution >= 4 is 23.5 Å². The van der Waals surface area contributed by atoms with Crippen LogP contribution in [0.15, 0.2) is 58.5 Å². The summed E-state index contributed by atoms with van der Waals surface area (Å²) >= 11 is 0.726. The standard InChI is InChI=1S/C27H28F6N4O4S/c1-6-7-13-42-21-17(26(28,29)30)14-18(34-23(38)41-24(2,3)4)19(35-21)20-36-37-22(40-20)25(5,27(31,32)33)39-15-16-11-9-8-10-12-16/h6,8-12,14H,1,7,13,15H2,2-5H3,(H,34,38)/t25-/m1/s1. The Morgan fingerprint density at radius 1 is 1.07 bits per heavy atom. The predicted octanol–water partition coefficient (Wildman–Crippen LogP) is 8.16. The summed E-state index contributed by atoms with van der Waals surface area (Å²) in [5.41, 5.74) is -5.95. The second-order valence-corrected chi connectivity index (χ2v) is 11.1. The molecule has 42 heavy (non-hydrogen) atoms. The van der Waals surface area contributed by atoms with Crippen LogP contribution in [0.5, 0.6) is 0 Å². The number of thioether (sulfide) groups is 1. The van der Waals surface area contributed by atoms with E-state index in [4.69, 9.17) is 13.9 Å². The average Bonchev–Trinajstić information content (AvgIpc) is 3.37. The Labute approximate surface area is 241 Å². The Hall–Kier alpha value is -3.59. The highest BCUT2D eigenvalue weighted by Gasteiger charge is 2.58. The Bertz CT molecular complexity index is 1390. The zero-order valence-electron chi connectivity index (χ0n) is 23.0. The van der Waals surface area contributed by atoms with E-state index in [1.54, 1.807) is 30.3 Å². The maximum Gasteiger partial charge on any atom is 0.426 e. The van der Waals surface area contributed by atoms with Crippen molar-refractivity contribution in [1.82, 2.24) is 15.2 Å². The molecule has 0 aliphatic carbocycles. The molecule has 1 atom stereocenters. The SMILES string of the molecule is C=CCCSc1nc(-c2nnc([C@@](C)(OCc3ccccc3)C(F)(F)F)o2)c(NC(=O)OC(C)(C)C)cc1C(F)(F)F. The van der Waals surface area contributed by atoms with Gasteiger partial charge in [-0.15, -0.1) is 28.5 Å². The van der Waals surface area contributed by atoms with Crippen molar-refractivity contribution in [3.8, 4) is 11.6 Å². The molecular formula is C27H28F6N4O4S. The molecule has 3 aromatic rings. The van der Waals surface area contributed by atoms with Crippen LogP contribution in [0.1, 0.15) is 51.1 Å². The topological polar surface area (TPSA) is 99.4 Å². The second-order valence-electron chi connectivity index (χ2n) is 10.0. The van der Waals surface area contributed by atoms with Crippen LogP contribution in [0.25, 0.3) is 11.6 Å². The van der Waals surface area contributed by atoms with E-state index in [2.05, 4.69) is 27.1 Å². The minimum atomic E-state index is -5.04. The van der Waals surface area contributed by atoms with Crippen LogP contribution in [0, 0.1) is 0 Å². The number of hydrogen-bond donors (Lipinski definition) is 1. The minimum absolute atomic E-state index is 0.159. The third-order valence-corrected chi connectivity index (χ3v) is 6.46. The molecule has 1 aromatic carbocycles. The van der Waals surface area contributed by atoms with E-state index in [1.165, 1.54) is 26.8 Å². The van der Waals surface area contributed by atoms with Crippen molar-refractivity contribution in [2.24, 2.45) is 0 Å². The molecule has 0 spiro atoms. The van der Waals surface area contributed by atoms with Gasteiger partial charge in [0.1, 0.15) is 10.6 Å². The number of nitrogens with one attached hydrogen (secondary N) is 1. The van der Waals surface area contributed by atoms with Crippen LogP contribution in [0.2, 0.25) is 0 Å². The van der Waals surface area contributed by atoms with Gasteiger partial charge in [-0.3, -0.25) is 5.32 Å². The van der Waals surface area contributed by atoms with E-state index in [0.29, 0.717) is 25.0 Å². The highest BCUT2D eigenvalue weighted by molar-refractivity contribution is 7.99. The molecule has 1 N–H and O–H groups in total. The van der Waals surface area contributed by atoms with Gasteiger partial charge in [0, 0.05) is 5.75 Å². The molecule has 8 nitrogen and oxygen atoms in total. The number of benzene rings is 1. The third-order valence-electron chi connectivity index (χ3n) is 5.44. The van der Waals surface area contributed by atoms with E-state index in [1.807, 2.05) is 0 Å². The van der Waals surface area contributed by atoms with Crippen LogP contribution < -0.4 is 5.32 Å². The molecule has 0 aliphatic rings. The van der Waals surface area contributed by atoms with Gasteiger partial charge < -0.3 is 13.9 Å². The number of alkyl halides is 6. The van der Waals surface area contributed by atoms with Gasteiger partial charge >= 0.3 is 18.4 Å². The number of halogens is 6. The smallest absolute Gasteiger partial charge is 0.426 e. The lowest BCUT2D eigenvalue weighted by atomic mass is 10.1. The fraction of sp³-hybridized carbons (Fsp3) is 0.407. The van der Waals surface area contributed by atoms with Crippen LogP contribution in [0.3, 0.4) is 0 Å². The number of ether oxygens (including phenoxy) is 2. The number of carbonyl (C=O) groups excluding carboxylic acids is 1. The maximum absolute atomic E-state index is 14.3. The third kappa shape index (κ3) is 8.25. The molecule has 0 radical (unpaired) electrons. The van der Waals surface area contributed by atoms with Gasteiger partial charge in [0.05, 0.1) is 17.9 Å². The fourth-order valence-corrected chi connectivity index (χ4v) is 4.26. The molecule has 3 rings (SSSR count). The lowest BCUT2D eigenvalue weighted by molar-refractivity contribution is -0.289. The molecule has 0 bridgehead atoms. The van der Waals surface area contributed by atoms with Crippen molar-refractivity contribution in [2.75, 3.05) is 11.1 Å². The Kier molecular flexibility index (Phi) is 9.98. The normalized spacial score (nSPS) is 13.9. The van der Waals surface area contributed by atoms with Gasteiger partial charge in [0.25, 0.3) is 11.8 Å². The molecule has 1 amide bonds. The number of pyridine rings is 1. The summed E-state index contributed by atoms with van der Waals surface area (Å²) < 4.78 is 100. The highest BCUT2D eigenvalue weighted by Crippen LogP contribution is 2.44. The van der Waals surface area contributed by atoms with Gasteiger partial charge in [-0.05, 0) is 45.7 Å². The number of amides is 1. The first-order chi connectivity index (χ1) is 19.4. The number of hydrogen-bond acceptors (Lipinski definition) is 8. The van der Waals surface area contributed by atoms with E-state index < -0.39 is 70.0 Å². The lowest BCUT2D eigenvalue weighted by Crippen LogP contribution is -2.42. The molecular weight excluding hydrogens is 590 g/mol. The molecule has 228 valence electrons. The molecule has 2 aromatic heterocycles. The van der Waals surface area contributed by atoms with Crippen molar-refractivity contribution in [2.45, 2.75) is 69.3 Å². The Morgan fingerprint density at radius 2 is 1.74 bits per heavy atom. The van der Waals surface area contributed by atoms with Crippen LogP contribution in [-0.4, -0.2) is 38.8 Å². The van der Waals surface area contributed by atoms with Gasteiger partial charge in [-0.25, -0.2) is 9.78 Å². The summed E-state index contributed by atoms with van der Waals surface area (Å²) in [7, 11) is 0. The Morgan fingerprint density at radius 3 is 2.31 bits per heavy atom. The minimum Gasteiger partial charge on any atom is -0.444 e. The number of anilines is 1. The lowest BCUT2D eigenvalue weighted by Gasteiger charge is -2.28. The summed E-state index contributed by atoms with van der Waals surface area (Å²) in [6.45, 7) is 8.34. The Balaban J connectivity index is 2.12. The van der Waals surface area contributed by atoms with E-state index in [-0.39, 0.29) is 5.75 Å². The largest absolute Gasteiger partial charge is 0.444 e. The van der Waals surface area contributed by atoms with E-state index in [9.17, 15) is 31.1 Å². The molecule has 2 heterocycles. The first-order valence-corrected chi connectivity index (χ1v) is 13.4. The molecule has 0 aliphatic heterocycles. The van der Waals surface area contributed by atoms with Crippen LogP contribution in [0.4, 0.5) is 36.8 Å². The summed E-state index contributed by atoms with van der Waals surface area (Å²) in [4.78, 5) is 16.5. The zero-order chi connectivity index (χ0) is 31.3. The van der Waals surface area contributed by atoms with Crippen molar-refractivity contribution in [1.29, 1.82) is 0 Å². The van der Waals surface area contributed by atoms with Gasteiger partial charge in [0.15, 0.2) is 5.69 Å². The second kappa shape index (κ2) is 12.7. The van der Waals surface area contributed by atoms with Crippen LogP contribution >= 0.6 is 11.8 Å². The van der Waals surface area contributed by atoms with E-state index in [0.717, 1.165) is 11.8 Å². The average molecular weight is 619 g/mol. The van der Waals surface area contributed by atoms with Gasteiger partial charge in [-0.2, -0.15) is 26.3 Å². The number of rotatable bonds is 10. The first-order valence-electron chi connectivity index (χ1n) is 12.4. The zero-order valence-corrected chi connectivity index (χ0v) is 23.8. The van der Waals surface area contributed by atoms with Gasteiger partial charge in [0.2, 0.25) is 5.60 Å². The number of carbonyl (C=O) groups is 1. The molecule has 15 heteroatoms. The monoisotopic (exact) mass is 618 g/mol. The first kappa shape index (κ1) is 32.9. The highest BCUT2D eigenvalue weighted by atomic mass is 32.2. The number of nitrogens with zero attached hydrogens (tertiary/aromatic N) is 3.